The van der Waals surface area contributed by atoms with Crippen LogP contribution < -0.4 is 9.47 Å². The van der Waals surface area contributed by atoms with E-state index in [1.54, 1.807) is 12.1 Å². The van der Waals surface area contributed by atoms with Crippen LogP contribution >= 0.6 is 38.9 Å². The number of furan rings is 1. The Morgan fingerprint density at radius 1 is 1.30 bits per heavy atom. The van der Waals surface area contributed by atoms with Gasteiger partial charge < -0.3 is 23.7 Å². The van der Waals surface area contributed by atoms with Gasteiger partial charge >= 0.3 is 5.97 Å². The first-order valence-corrected chi connectivity index (χ1v) is 13.8. The number of aliphatic carboxylic acids is 1. The van der Waals surface area contributed by atoms with E-state index >= 15 is 0 Å². The molecule has 194 valence electrons. The van der Waals surface area contributed by atoms with Gasteiger partial charge in [0.2, 0.25) is 12.0 Å². The number of carboxylic acids is 1. The van der Waals surface area contributed by atoms with Crippen molar-refractivity contribution in [2.75, 3.05) is 13.2 Å². The molecule has 11 heteroatoms. The van der Waals surface area contributed by atoms with E-state index in [1.807, 2.05) is 24.3 Å². The Bertz CT molecular complexity index is 1420. The molecule has 0 bridgehead atoms. The minimum atomic E-state index is -1.21. The number of carboxylic acid groups (broad SMARTS) is 1. The summed E-state index contributed by atoms with van der Waals surface area (Å²) in [5.74, 6) is 0.215. The maximum absolute atomic E-state index is 12.3. The molecular formula is C26H24BrClN2O6S. The highest BCUT2D eigenvalue weighted by Gasteiger charge is 2.34. The molecule has 0 unspecified atom stereocenters. The van der Waals surface area contributed by atoms with Gasteiger partial charge in [0.1, 0.15) is 34.9 Å². The fourth-order valence-electron chi connectivity index (χ4n) is 4.34. The minimum Gasteiger partial charge on any atom is -0.490 e. The Hall–Kier alpha value is -2.66. The molecule has 1 aliphatic rings. The summed E-state index contributed by atoms with van der Waals surface area (Å²) in [6, 6.07) is 10.8. The van der Waals surface area contributed by atoms with E-state index < -0.39 is 12.1 Å². The van der Waals surface area contributed by atoms with Crippen molar-refractivity contribution in [2.45, 2.75) is 44.3 Å². The molecule has 37 heavy (non-hydrogen) atoms. The third-order valence-corrected chi connectivity index (χ3v) is 8.79. The van der Waals surface area contributed by atoms with Crippen LogP contribution in [0.1, 0.15) is 31.7 Å². The number of aromatic nitrogens is 2. The van der Waals surface area contributed by atoms with Crippen LogP contribution in [0.3, 0.4) is 0 Å². The molecule has 4 aromatic rings. The first kappa shape index (κ1) is 26.0. The molecule has 0 amide bonds. The summed E-state index contributed by atoms with van der Waals surface area (Å²) in [4.78, 5) is 22.2. The minimum absolute atomic E-state index is 0.0827. The molecule has 0 radical (unpaired) electrons. The van der Waals surface area contributed by atoms with Crippen molar-refractivity contribution < 1.29 is 28.5 Å². The molecule has 0 aliphatic carbocycles. The van der Waals surface area contributed by atoms with Crippen molar-refractivity contribution in [3.63, 3.8) is 0 Å². The predicted molar refractivity (Wildman–Crippen MR) is 144 cm³/mol. The first-order valence-electron chi connectivity index (χ1n) is 11.8. The van der Waals surface area contributed by atoms with Gasteiger partial charge in [0, 0.05) is 13.0 Å². The van der Waals surface area contributed by atoms with E-state index in [2.05, 4.69) is 32.8 Å². The van der Waals surface area contributed by atoms with Gasteiger partial charge in [0.05, 0.1) is 14.7 Å². The second kappa shape index (κ2) is 11.0. The standard InChI is InChI=1S/C26H24BrClN2O6S/c1-2-26(10-5-11-34-26)13-33-16-7-4-3-6-15(16)12-18(25(31)32)36-23-20-21(27)22(17-8-9-19(28)35-17)37-24(20)30-14-29-23/h3-4,6-9,14,18H,2,5,10-13H2,1H3,(H,31,32)/t18-,26+/m1/s1. The fraction of sp³-hybridized carbons (Fsp3) is 0.346. The molecule has 0 saturated carbocycles. The fourth-order valence-corrected chi connectivity index (χ4v) is 6.40. The summed E-state index contributed by atoms with van der Waals surface area (Å²) < 4.78 is 24.3. The molecule has 1 aliphatic heterocycles. The number of thiophene rings is 1. The summed E-state index contributed by atoms with van der Waals surface area (Å²) in [5.41, 5.74) is 0.420. The van der Waals surface area contributed by atoms with E-state index in [9.17, 15) is 9.90 Å². The largest absolute Gasteiger partial charge is 0.490 e. The highest BCUT2D eigenvalue weighted by atomic mass is 79.9. The van der Waals surface area contributed by atoms with Crippen molar-refractivity contribution in [1.82, 2.24) is 9.97 Å². The molecule has 4 heterocycles. The monoisotopic (exact) mass is 606 g/mol. The van der Waals surface area contributed by atoms with Crippen LogP contribution in [-0.2, 0) is 16.0 Å². The van der Waals surface area contributed by atoms with Gasteiger partial charge in [-0.05, 0) is 70.6 Å². The Kier molecular flexibility index (Phi) is 7.71. The number of hydrogen-bond acceptors (Lipinski definition) is 8. The first-order chi connectivity index (χ1) is 17.9. The molecule has 0 spiro atoms. The van der Waals surface area contributed by atoms with Crippen LogP contribution in [0.2, 0.25) is 5.22 Å². The highest BCUT2D eigenvalue weighted by Crippen LogP contribution is 2.45. The Balaban J connectivity index is 1.40. The summed E-state index contributed by atoms with van der Waals surface area (Å²) in [5, 5.41) is 10.9. The zero-order chi connectivity index (χ0) is 26.0. The van der Waals surface area contributed by atoms with Gasteiger partial charge in [0.25, 0.3) is 0 Å². The number of benzene rings is 1. The van der Waals surface area contributed by atoms with Crippen LogP contribution in [0.5, 0.6) is 11.6 Å². The highest BCUT2D eigenvalue weighted by molar-refractivity contribution is 9.10. The van der Waals surface area contributed by atoms with Gasteiger partial charge in [0.15, 0.2) is 5.22 Å². The van der Waals surface area contributed by atoms with Crippen LogP contribution in [0.15, 0.2) is 51.6 Å². The lowest BCUT2D eigenvalue weighted by Gasteiger charge is -2.27. The average molecular weight is 608 g/mol. The molecule has 8 nitrogen and oxygen atoms in total. The van der Waals surface area contributed by atoms with E-state index in [4.69, 9.17) is 30.2 Å². The summed E-state index contributed by atoms with van der Waals surface area (Å²) in [7, 11) is 0. The number of halogens is 2. The van der Waals surface area contributed by atoms with E-state index in [-0.39, 0.29) is 23.1 Å². The van der Waals surface area contributed by atoms with Crippen LogP contribution in [0, 0.1) is 0 Å². The number of nitrogens with zero attached hydrogens (tertiary/aromatic N) is 2. The van der Waals surface area contributed by atoms with Gasteiger partial charge in [-0.25, -0.2) is 14.8 Å². The Morgan fingerprint density at radius 3 is 2.84 bits per heavy atom. The number of carbonyl (C=O) groups is 1. The number of hydrogen-bond donors (Lipinski definition) is 1. The summed E-state index contributed by atoms with van der Waals surface area (Å²) >= 11 is 10.9. The van der Waals surface area contributed by atoms with Gasteiger partial charge in [-0.2, -0.15) is 0 Å². The normalized spacial score (nSPS) is 18.2. The van der Waals surface area contributed by atoms with E-state index in [0.29, 0.717) is 32.8 Å². The zero-order valence-corrected chi connectivity index (χ0v) is 23.1. The predicted octanol–water partition coefficient (Wildman–Crippen LogP) is 6.78. The third-order valence-electron chi connectivity index (χ3n) is 6.42. The second-order valence-electron chi connectivity index (χ2n) is 8.74. The van der Waals surface area contributed by atoms with Crippen molar-refractivity contribution in [3.8, 4) is 22.3 Å². The molecule has 3 aromatic heterocycles. The average Bonchev–Trinajstić information content (AvgIpc) is 3.62. The maximum atomic E-state index is 12.3. The van der Waals surface area contributed by atoms with Crippen molar-refractivity contribution in [2.24, 2.45) is 0 Å². The topological polar surface area (TPSA) is 104 Å². The summed E-state index contributed by atoms with van der Waals surface area (Å²) in [6.07, 6.45) is 3.02. The number of rotatable bonds is 10. The quantitative estimate of drug-likeness (QED) is 0.210. The Labute approximate surface area is 230 Å². The number of para-hydroxylation sites is 1. The number of fused-ring (bicyclic) bond motifs is 1. The van der Waals surface area contributed by atoms with Crippen LogP contribution in [0.4, 0.5) is 0 Å². The van der Waals surface area contributed by atoms with E-state index in [0.717, 1.165) is 36.3 Å². The lowest BCUT2D eigenvalue weighted by Crippen LogP contribution is -2.35. The smallest absolute Gasteiger partial charge is 0.345 e. The third kappa shape index (κ3) is 5.47. The van der Waals surface area contributed by atoms with Crippen molar-refractivity contribution in [3.05, 3.63) is 58.0 Å². The van der Waals surface area contributed by atoms with Crippen LogP contribution in [-0.4, -0.2) is 46.0 Å². The Morgan fingerprint density at radius 2 is 2.14 bits per heavy atom. The number of ether oxygens (including phenoxy) is 3. The second-order valence-corrected chi connectivity index (χ2v) is 10.9. The SMILES string of the molecule is CC[C@@]1(COc2ccccc2C[C@@H](Oc2ncnc3sc(-c4ccc(Cl)o4)c(Br)c23)C(=O)O)CCCO1. The molecule has 5 rings (SSSR count). The van der Waals surface area contributed by atoms with Gasteiger partial charge in [-0.1, -0.05) is 25.1 Å². The molecule has 1 fully saturated rings. The van der Waals surface area contributed by atoms with Gasteiger partial charge in [-0.3, -0.25) is 0 Å². The molecule has 1 saturated heterocycles. The lowest BCUT2D eigenvalue weighted by molar-refractivity contribution is -0.145. The zero-order valence-electron chi connectivity index (χ0n) is 19.9. The molecule has 2 atom stereocenters. The summed E-state index contributed by atoms with van der Waals surface area (Å²) in [6.45, 7) is 3.23. The lowest BCUT2D eigenvalue weighted by atomic mass is 9.98. The van der Waals surface area contributed by atoms with Crippen molar-refractivity contribution in [1.29, 1.82) is 0 Å². The molecule has 1 N–H and O–H groups in total. The maximum Gasteiger partial charge on any atom is 0.345 e. The van der Waals surface area contributed by atoms with Crippen molar-refractivity contribution >= 4 is 55.1 Å². The molecule has 1 aromatic carbocycles. The molecular weight excluding hydrogens is 584 g/mol. The van der Waals surface area contributed by atoms with Gasteiger partial charge in [-0.15, -0.1) is 11.3 Å². The van der Waals surface area contributed by atoms with E-state index in [1.165, 1.54) is 17.7 Å². The van der Waals surface area contributed by atoms with Crippen LogP contribution in [0.25, 0.3) is 20.9 Å².